The minimum absolute atomic E-state index is 0. The number of carboxylic acid groups (broad SMARTS) is 3. The van der Waals surface area contributed by atoms with Gasteiger partial charge in [0, 0.05) is 19.3 Å². The Morgan fingerprint density at radius 1 is 0.432 bits per heavy atom. The van der Waals surface area contributed by atoms with Gasteiger partial charge in [0.05, 0.1) is 0 Å². The third kappa shape index (κ3) is 20.3. The van der Waals surface area contributed by atoms with E-state index in [4.69, 9.17) is 15.3 Å². The van der Waals surface area contributed by atoms with Crippen LogP contribution in [0.15, 0.2) is 91.0 Å². The molecule has 0 atom stereocenters. The summed E-state index contributed by atoms with van der Waals surface area (Å²) < 4.78 is 0. The Labute approximate surface area is 225 Å². The Morgan fingerprint density at radius 3 is 0.838 bits per heavy atom. The molecule has 0 bridgehead atoms. The molecule has 0 amide bonds. The fourth-order valence-corrected chi connectivity index (χ4v) is 3.27. The number of carboxylic acids is 3. The van der Waals surface area contributed by atoms with Crippen molar-refractivity contribution in [3.8, 4) is 0 Å². The van der Waals surface area contributed by atoms with Crippen LogP contribution in [-0.4, -0.2) is 33.2 Å². The third-order valence-electron chi connectivity index (χ3n) is 5.10. The van der Waals surface area contributed by atoms with Gasteiger partial charge in [-0.25, -0.2) is 0 Å². The summed E-state index contributed by atoms with van der Waals surface area (Å²) in [4.78, 5) is 30.6. The molecule has 0 spiro atoms. The highest BCUT2D eigenvalue weighted by atomic mass is 35.5. The van der Waals surface area contributed by atoms with Crippen LogP contribution in [0.2, 0.25) is 0 Å². The number of aliphatic carboxylic acids is 3. The molecule has 37 heavy (non-hydrogen) atoms. The molecule has 3 N–H and O–H groups in total. The topological polar surface area (TPSA) is 112 Å². The zero-order valence-electron chi connectivity index (χ0n) is 21.0. The predicted octanol–water partition coefficient (Wildman–Crippen LogP) is 6.70. The molecule has 3 aromatic carbocycles. The molecule has 0 saturated heterocycles. The van der Waals surface area contributed by atoms with E-state index in [9.17, 15) is 14.4 Å². The summed E-state index contributed by atoms with van der Waals surface area (Å²) in [5.41, 5.74) is 3.62. The number of benzene rings is 3. The van der Waals surface area contributed by atoms with Gasteiger partial charge in [-0.1, -0.05) is 91.0 Å². The number of aryl methyl sites for hydroxylation is 3. The molecule has 0 aliphatic heterocycles. The summed E-state index contributed by atoms with van der Waals surface area (Å²) in [6.07, 6.45) is 5.50. The normalized spacial score (nSPS) is 9.41. The Balaban J connectivity index is 0.000000518. The molecule has 0 unspecified atom stereocenters. The average Bonchev–Trinajstić information content (AvgIpc) is 2.86. The zero-order chi connectivity index (χ0) is 26.4. The largest absolute Gasteiger partial charge is 0.481 e. The Kier molecular flexibility index (Phi) is 19.5. The van der Waals surface area contributed by atoms with Crippen LogP contribution in [0.4, 0.5) is 0 Å². The minimum atomic E-state index is -0.717. The summed E-state index contributed by atoms with van der Waals surface area (Å²) in [6, 6.07) is 29.8. The monoisotopic (exact) mass is 528 g/mol. The molecule has 0 heterocycles. The Morgan fingerprint density at radius 2 is 0.649 bits per heavy atom. The van der Waals surface area contributed by atoms with Crippen molar-refractivity contribution < 1.29 is 29.7 Å². The molecule has 7 heteroatoms. The van der Waals surface area contributed by atoms with Crippen LogP contribution in [0.5, 0.6) is 0 Å². The first-order chi connectivity index (χ1) is 17.4. The van der Waals surface area contributed by atoms with Gasteiger partial charge in [0.1, 0.15) is 0 Å². The van der Waals surface area contributed by atoms with Gasteiger partial charge in [0.25, 0.3) is 0 Å². The molecule has 0 aromatic heterocycles. The lowest BCUT2D eigenvalue weighted by Crippen LogP contribution is -1.95. The summed E-state index contributed by atoms with van der Waals surface area (Å²) in [5, 5.41) is 25.2. The molecule has 0 saturated carbocycles. The molecule has 3 rings (SSSR count). The minimum Gasteiger partial charge on any atom is -0.481 e. The van der Waals surface area contributed by atoms with Crippen LogP contribution in [0, 0.1) is 0 Å². The number of hydrogen-bond acceptors (Lipinski definition) is 3. The van der Waals surface area contributed by atoms with Crippen LogP contribution >= 0.6 is 12.4 Å². The fourth-order valence-electron chi connectivity index (χ4n) is 3.27. The van der Waals surface area contributed by atoms with Gasteiger partial charge in [-0.2, -0.15) is 0 Å². The zero-order valence-corrected chi connectivity index (χ0v) is 21.8. The smallest absolute Gasteiger partial charge is 0.303 e. The molecule has 0 aliphatic rings. The van der Waals surface area contributed by atoms with Gasteiger partial charge < -0.3 is 15.3 Å². The molecule has 0 radical (unpaired) electrons. The lowest BCUT2D eigenvalue weighted by atomic mass is 10.1. The van der Waals surface area contributed by atoms with Crippen molar-refractivity contribution in [3.05, 3.63) is 108 Å². The molecule has 0 aliphatic carbocycles. The van der Waals surface area contributed by atoms with Crippen LogP contribution in [-0.2, 0) is 33.6 Å². The van der Waals surface area contributed by atoms with Crippen LogP contribution < -0.4 is 0 Å². The lowest BCUT2D eigenvalue weighted by Gasteiger charge is -1.97. The highest BCUT2D eigenvalue weighted by Gasteiger charge is 1.98. The summed E-state index contributed by atoms with van der Waals surface area (Å²) in [5.74, 6) is -2.15. The third-order valence-corrected chi connectivity index (χ3v) is 5.10. The molecule has 0 fully saturated rings. The summed E-state index contributed by atoms with van der Waals surface area (Å²) in [7, 11) is 0. The number of hydrogen-bond donors (Lipinski definition) is 3. The Hall–Kier alpha value is -3.64. The van der Waals surface area contributed by atoms with Gasteiger partial charge >= 0.3 is 17.9 Å². The lowest BCUT2D eigenvalue weighted by molar-refractivity contribution is -0.138. The van der Waals surface area contributed by atoms with E-state index in [0.717, 1.165) is 38.5 Å². The van der Waals surface area contributed by atoms with E-state index in [1.165, 1.54) is 16.7 Å². The highest BCUT2D eigenvalue weighted by molar-refractivity contribution is 5.85. The van der Waals surface area contributed by atoms with E-state index in [0.29, 0.717) is 0 Å². The predicted molar refractivity (Wildman–Crippen MR) is 148 cm³/mol. The van der Waals surface area contributed by atoms with Crippen LogP contribution in [0.3, 0.4) is 0 Å². The second kappa shape index (κ2) is 21.6. The van der Waals surface area contributed by atoms with E-state index in [1.807, 2.05) is 91.0 Å². The number of carbonyl (C=O) groups is 3. The van der Waals surface area contributed by atoms with Gasteiger partial charge in [-0.05, 0) is 55.2 Å². The summed E-state index contributed by atoms with van der Waals surface area (Å²) >= 11 is 0. The quantitative estimate of drug-likeness (QED) is 0.241. The van der Waals surface area contributed by atoms with Crippen molar-refractivity contribution in [1.82, 2.24) is 0 Å². The Bertz CT molecular complexity index is 862. The van der Waals surface area contributed by atoms with Gasteiger partial charge in [0.2, 0.25) is 0 Å². The van der Waals surface area contributed by atoms with E-state index in [1.54, 1.807) is 0 Å². The maximum atomic E-state index is 10.2. The van der Waals surface area contributed by atoms with Gasteiger partial charge in [-0.3, -0.25) is 14.4 Å². The first-order valence-electron chi connectivity index (χ1n) is 12.1. The van der Waals surface area contributed by atoms with E-state index in [2.05, 4.69) is 0 Å². The maximum absolute atomic E-state index is 10.2. The van der Waals surface area contributed by atoms with Crippen molar-refractivity contribution in [2.75, 3.05) is 0 Å². The maximum Gasteiger partial charge on any atom is 0.303 e. The SMILES string of the molecule is Cl.O=C(O)CCCc1ccccc1.O=C(O)CCCc1ccccc1.O=C(O)CCCc1ccccc1. The standard InChI is InChI=1S/3C10H12O2.ClH/c3*11-10(12)8-4-7-9-5-2-1-3-6-9;/h3*1-3,5-6H,4,7-8H2,(H,11,12);1H. The summed E-state index contributed by atoms with van der Waals surface area (Å²) in [6.45, 7) is 0. The number of halogens is 1. The second-order valence-corrected chi connectivity index (χ2v) is 8.20. The van der Waals surface area contributed by atoms with E-state index in [-0.39, 0.29) is 31.7 Å². The van der Waals surface area contributed by atoms with Crippen molar-refractivity contribution in [2.24, 2.45) is 0 Å². The van der Waals surface area contributed by atoms with Crippen molar-refractivity contribution >= 4 is 30.3 Å². The van der Waals surface area contributed by atoms with Crippen molar-refractivity contribution in [3.63, 3.8) is 0 Å². The fraction of sp³-hybridized carbons (Fsp3) is 0.300. The van der Waals surface area contributed by atoms with E-state index < -0.39 is 17.9 Å². The first kappa shape index (κ1) is 33.4. The van der Waals surface area contributed by atoms with Crippen LogP contribution in [0.1, 0.15) is 55.2 Å². The first-order valence-corrected chi connectivity index (χ1v) is 12.1. The molecule has 200 valence electrons. The van der Waals surface area contributed by atoms with Gasteiger partial charge in [-0.15, -0.1) is 12.4 Å². The number of rotatable bonds is 12. The van der Waals surface area contributed by atoms with Crippen molar-refractivity contribution in [2.45, 2.75) is 57.8 Å². The second-order valence-electron chi connectivity index (χ2n) is 8.20. The van der Waals surface area contributed by atoms with Crippen molar-refractivity contribution in [1.29, 1.82) is 0 Å². The molecule has 3 aromatic rings. The molecule has 6 nitrogen and oxygen atoms in total. The molecular weight excluding hydrogens is 492 g/mol. The average molecular weight is 529 g/mol. The molecular formula is C30H37ClO6. The van der Waals surface area contributed by atoms with E-state index >= 15 is 0 Å². The van der Waals surface area contributed by atoms with Crippen LogP contribution in [0.25, 0.3) is 0 Å². The highest BCUT2D eigenvalue weighted by Crippen LogP contribution is 2.05. The van der Waals surface area contributed by atoms with Gasteiger partial charge in [0.15, 0.2) is 0 Å².